The first-order chi connectivity index (χ1) is 15.1. The second-order valence-electron chi connectivity index (χ2n) is 6.99. The summed E-state index contributed by atoms with van der Waals surface area (Å²) in [5.74, 6) is 0.719. The van der Waals surface area contributed by atoms with Crippen LogP contribution in [-0.4, -0.2) is 24.9 Å². The molecule has 0 saturated carbocycles. The highest BCUT2D eigenvalue weighted by Crippen LogP contribution is 2.36. The molecule has 0 bridgehead atoms. The molecule has 3 aromatic carbocycles. The van der Waals surface area contributed by atoms with Crippen LogP contribution in [-0.2, 0) is 11.3 Å². The fourth-order valence-electron chi connectivity index (χ4n) is 3.71. The zero-order chi connectivity index (χ0) is 21.8. The summed E-state index contributed by atoms with van der Waals surface area (Å²) in [6, 6.07) is 25.5. The third-order valence-corrected chi connectivity index (χ3v) is 5.13. The largest absolute Gasteiger partial charge is 0.497 e. The molecule has 0 saturated heterocycles. The standard InChI is InChI=1S/C25H21N3O3/c1-30-20-11-12-21-22(15-26)24(18-9-6-10-19(13-18)27-25(29)31-2)28(23(21)14-20)16-17-7-4-3-5-8-17/h3-14H,16H2,1-2H3,(H,27,29). The molecule has 1 amide bonds. The predicted octanol–water partition coefficient (Wildman–Crippen LogP) is 5.42. The van der Waals surface area contributed by atoms with Gasteiger partial charge in [0.25, 0.3) is 0 Å². The number of nitriles is 1. The third-order valence-electron chi connectivity index (χ3n) is 5.13. The highest BCUT2D eigenvalue weighted by Gasteiger charge is 2.20. The van der Waals surface area contributed by atoms with Crippen LogP contribution in [0.3, 0.4) is 0 Å². The molecule has 1 N–H and O–H groups in total. The van der Waals surface area contributed by atoms with E-state index in [1.54, 1.807) is 13.2 Å². The Morgan fingerprint density at radius 1 is 1.03 bits per heavy atom. The number of amides is 1. The first-order valence-corrected chi connectivity index (χ1v) is 9.74. The summed E-state index contributed by atoms with van der Waals surface area (Å²) < 4.78 is 12.2. The SMILES string of the molecule is COC(=O)Nc1cccc(-c2c(C#N)c3ccc(OC)cc3n2Cc2ccccc2)c1. The Labute approximate surface area is 180 Å². The van der Waals surface area contributed by atoms with Crippen molar-refractivity contribution in [3.63, 3.8) is 0 Å². The summed E-state index contributed by atoms with van der Waals surface area (Å²) in [6.07, 6.45) is -0.549. The second kappa shape index (κ2) is 8.64. The Hall–Kier alpha value is -4.24. The third kappa shape index (κ3) is 3.94. The number of anilines is 1. The normalized spacial score (nSPS) is 10.5. The van der Waals surface area contributed by atoms with Crippen molar-refractivity contribution in [2.45, 2.75) is 6.54 Å². The zero-order valence-electron chi connectivity index (χ0n) is 17.3. The van der Waals surface area contributed by atoms with E-state index in [4.69, 9.17) is 9.47 Å². The molecule has 0 radical (unpaired) electrons. The number of benzene rings is 3. The molecule has 0 aliphatic rings. The van der Waals surface area contributed by atoms with E-state index in [2.05, 4.69) is 28.1 Å². The van der Waals surface area contributed by atoms with Crippen LogP contribution < -0.4 is 10.1 Å². The number of methoxy groups -OCH3 is 2. The van der Waals surface area contributed by atoms with Gasteiger partial charge >= 0.3 is 6.09 Å². The lowest BCUT2D eigenvalue weighted by Gasteiger charge is -2.13. The summed E-state index contributed by atoms with van der Waals surface area (Å²) in [7, 11) is 2.94. The molecular formula is C25H21N3O3. The lowest BCUT2D eigenvalue weighted by Crippen LogP contribution is -2.11. The Morgan fingerprint density at radius 3 is 2.55 bits per heavy atom. The van der Waals surface area contributed by atoms with E-state index < -0.39 is 6.09 Å². The molecule has 4 aromatic rings. The number of rotatable bonds is 5. The molecule has 0 aliphatic carbocycles. The molecule has 1 aromatic heterocycles. The van der Waals surface area contributed by atoms with Gasteiger partial charge < -0.3 is 14.0 Å². The monoisotopic (exact) mass is 411 g/mol. The average Bonchev–Trinajstić information content (AvgIpc) is 3.12. The quantitative estimate of drug-likeness (QED) is 0.476. The molecule has 0 atom stereocenters. The van der Waals surface area contributed by atoms with Crippen LogP contribution in [0.5, 0.6) is 5.75 Å². The van der Waals surface area contributed by atoms with Gasteiger partial charge in [-0.25, -0.2) is 4.79 Å². The van der Waals surface area contributed by atoms with Crippen molar-refractivity contribution < 1.29 is 14.3 Å². The highest BCUT2D eigenvalue weighted by molar-refractivity contribution is 5.96. The van der Waals surface area contributed by atoms with Gasteiger partial charge in [-0.3, -0.25) is 5.32 Å². The van der Waals surface area contributed by atoms with Gasteiger partial charge in [0.15, 0.2) is 0 Å². The lowest BCUT2D eigenvalue weighted by molar-refractivity contribution is 0.187. The minimum absolute atomic E-state index is 0.549. The van der Waals surface area contributed by atoms with Crippen LogP contribution in [0.15, 0.2) is 72.8 Å². The second-order valence-corrected chi connectivity index (χ2v) is 6.99. The van der Waals surface area contributed by atoms with Gasteiger partial charge in [0, 0.05) is 29.2 Å². The molecule has 6 heteroatoms. The van der Waals surface area contributed by atoms with Crippen LogP contribution in [0.1, 0.15) is 11.1 Å². The number of carbonyl (C=O) groups is 1. The van der Waals surface area contributed by atoms with Crippen LogP contribution in [0.25, 0.3) is 22.2 Å². The van der Waals surface area contributed by atoms with E-state index >= 15 is 0 Å². The number of aromatic nitrogens is 1. The first-order valence-electron chi connectivity index (χ1n) is 9.74. The maximum Gasteiger partial charge on any atom is 0.411 e. The van der Waals surface area contributed by atoms with Gasteiger partial charge in [0.05, 0.1) is 31.0 Å². The van der Waals surface area contributed by atoms with Gasteiger partial charge in [-0.2, -0.15) is 5.26 Å². The van der Waals surface area contributed by atoms with E-state index in [9.17, 15) is 10.1 Å². The number of nitrogens with one attached hydrogen (secondary N) is 1. The minimum atomic E-state index is -0.549. The number of hydrogen-bond acceptors (Lipinski definition) is 4. The maximum absolute atomic E-state index is 11.7. The van der Waals surface area contributed by atoms with Gasteiger partial charge in [0.1, 0.15) is 11.8 Å². The number of nitrogens with zero attached hydrogens (tertiary/aromatic N) is 2. The van der Waals surface area contributed by atoms with Crippen LogP contribution >= 0.6 is 0 Å². The lowest BCUT2D eigenvalue weighted by atomic mass is 10.1. The number of fused-ring (bicyclic) bond motifs is 1. The van der Waals surface area contributed by atoms with Crippen molar-refractivity contribution in [3.8, 4) is 23.1 Å². The van der Waals surface area contributed by atoms with E-state index in [1.165, 1.54) is 7.11 Å². The fraction of sp³-hybridized carbons (Fsp3) is 0.120. The number of ether oxygens (including phenoxy) is 2. The molecule has 0 spiro atoms. The van der Waals surface area contributed by atoms with Crippen molar-refractivity contribution in [1.29, 1.82) is 5.26 Å². The summed E-state index contributed by atoms with van der Waals surface area (Å²) in [5.41, 5.74) is 4.77. The molecule has 0 unspecified atom stereocenters. The average molecular weight is 411 g/mol. The molecule has 4 rings (SSSR count). The van der Waals surface area contributed by atoms with Gasteiger partial charge in [-0.15, -0.1) is 0 Å². The van der Waals surface area contributed by atoms with Crippen LogP contribution in [0.4, 0.5) is 10.5 Å². The number of hydrogen-bond donors (Lipinski definition) is 1. The molecule has 0 aliphatic heterocycles. The Bertz CT molecular complexity index is 1290. The molecular weight excluding hydrogens is 390 g/mol. The van der Waals surface area contributed by atoms with Crippen molar-refractivity contribution in [2.75, 3.05) is 19.5 Å². The highest BCUT2D eigenvalue weighted by atomic mass is 16.5. The van der Waals surface area contributed by atoms with E-state index in [1.807, 2.05) is 54.6 Å². The molecule has 6 nitrogen and oxygen atoms in total. The van der Waals surface area contributed by atoms with Gasteiger partial charge in [-0.1, -0.05) is 42.5 Å². The van der Waals surface area contributed by atoms with Crippen molar-refractivity contribution >= 4 is 22.7 Å². The van der Waals surface area contributed by atoms with E-state index in [0.717, 1.165) is 33.5 Å². The topological polar surface area (TPSA) is 76.3 Å². The Balaban J connectivity index is 1.95. The Morgan fingerprint density at radius 2 is 1.84 bits per heavy atom. The van der Waals surface area contributed by atoms with Crippen LogP contribution in [0, 0.1) is 11.3 Å². The van der Waals surface area contributed by atoms with Crippen molar-refractivity contribution in [3.05, 3.63) is 83.9 Å². The van der Waals surface area contributed by atoms with Crippen LogP contribution in [0.2, 0.25) is 0 Å². The smallest absolute Gasteiger partial charge is 0.411 e. The van der Waals surface area contributed by atoms with E-state index in [0.29, 0.717) is 17.8 Å². The van der Waals surface area contributed by atoms with Gasteiger partial charge in [0.2, 0.25) is 0 Å². The molecule has 31 heavy (non-hydrogen) atoms. The van der Waals surface area contributed by atoms with Crippen molar-refractivity contribution in [2.24, 2.45) is 0 Å². The summed E-state index contributed by atoms with van der Waals surface area (Å²) in [4.78, 5) is 11.7. The predicted molar refractivity (Wildman–Crippen MR) is 120 cm³/mol. The number of carbonyl (C=O) groups excluding carboxylic acids is 1. The molecule has 154 valence electrons. The maximum atomic E-state index is 11.7. The zero-order valence-corrected chi connectivity index (χ0v) is 17.3. The van der Waals surface area contributed by atoms with Crippen molar-refractivity contribution in [1.82, 2.24) is 4.57 Å². The molecule has 1 heterocycles. The first kappa shape index (κ1) is 20.0. The summed E-state index contributed by atoms with van der Waals surface area (Å²) in [6.45, 7) is 0.580. The molecule has 0 fully saturated rings. The van der Waals surface area contributed by atoms with E-state index in [-0.39, 0.29) is 0 Å². The summed E-state index contributed by atoms with van der Waals surface area (Å²) in [5, 5.41) is 13.6. The minimum Gasteiger partial charge on any atom is -0.497 e. The Kier molecular flexibility index (Phi) is 5.59. The van der Waals surface area contributed by atoms with Gasteiger partial charge in [-0.05, 0) is 29.8 Å². The fourth-order valence-corrected chi connectivity index (χ4v) is 3.71. The summed E-state index contributed by atoms with van der Waals surface area (Å²) >= 11 is 0.